The fourth-order valence-electron chi connectivity index (χ4n) is 3.35. The molecule has 1 N–H and O–H groups in total. The summed E-state index contributed by atoms with van der Waals surface area (Å²) < 4.78 is 22.2. The summed E-state index contributed by atoms with van der Waals surface area (Å²) in [5.74, 6) is 2.32. The normalized spacial score (nSPS) is 19.4. The van der Waals surface area contributed by atoms with Gasteiger partial charge in [0.15, 0.2) is 0 Å². The molecule has 2 atom stereocenters. The van der Waals surface area contributed by atoms with Crippen LogP contribution in [0.3, 0.4) is 0 Å². The second-order valence-corrected chi connectivity index (χ2v) is 8.89. The lowest BCUT2D eigenvalue weighted by Crippen LogP contribution is -2.24. The average Bonchev–Trinajstić information content (AvgIpc) is 3.67. The topological polar surface area (TPSA) is 60.5 Å². The highest BCUT2D eigenvalue weighted by atomic mass is 16.6. The van der Waals surface area contributed by atoms with Gasteiger partial charge in [-0.3, -0.25) is 0 Å². The SMILES string of the molecule is CC(C)(c1ccc(OCC(O)COCC2CC2)cc1)c1ccc(OCC2CO2)cc1. The van der Waals surface area contributed by atoms with Crippen LogP contribution in [0.5, 0.6) is 11.5 Å². The second-order valence-electron chi connectivity index (χ2n) is 8.89. The molecule has 30 heavy (non-hydrogen) atoms. The third-order valence-electron chi connectivity index (χ3n) is 5.79. The molecule has 0 spiro atoms. The molecule has 0 amide bonds. The first-order valence-corrected chi connectivity index (χ1v) is 10.8. The van der Waals surface area contributed by atoms with Crippen LogP contribution >= 0.6 is 0 Å². The van der Waals surface area contributed by atoms with Crippen molar-refractivity contribution in [3.8, 4) is 11.5 Å². The first kappa shape index (κ1) is 21.2. The smallest absolute Gasteiger partial charge is 0.119 e. The van der Waals surface area contributed by atoms with Crippen LogP contribution in [-0.2, 0) is 14.9 Å². The van der Waals surface area contributed by atoms with Gasteiger partial charge in [-0.15, -0.1) is 0 Å². The fraction of sp³-hybridized carbons (Fsp3) is 0.520. The van der Waals surface area contributed by atoms with Crippen molar-refractivity contribution in [3.05, 3.63) is 59.7 Å². The van der Waals surface area contributed by atoms with Crippen molar-refractivity contribution in [3.63, 3.8) is 0 Å². The van der Waals surface area contributed by atoms with E-state index in [4.69, 9.17) is 18.9 Å². The third kappa shape index (κ3) is 5.97. The van der Waals surface area contributed by atoms with Crippen molar-refractivity contribution in [1.82, 2.24) is 0 Å². The van der Waals surface area contributed by atoms with E-state index in [1.54, 1.807) is 0 Å². The lowest BCUT2D eigenvalue weighted by atomic mass is 9.78. The Morgan fingerprint density at radius 3 is 2.00 bits per heavy atom. The standard InChI is InChI=1S/C25H32O5/c1-25(2,20-7-11-23(12-8-20)29-16-24-17-30-24)19-5-9-22(10-6-19)28-15-21(26)14-27-13-18-3-4-18/h5-12,18,21,24,26H,3-4,13-17H2,1-2H3. The van der Waals surface area contributed by atoms with Gasteiger partial charge >= 0.3 is 0 Å². The average molecular weight is 413 g/mol. The van der Waals surface area contributed by atoms with Crippen LogP contribution in [-0.4, -0.2) is 50.3 Å². The molecule has 0 aromatic heterocycles. The first-order valence-electron chi connectivity index (χ1n) is 10.8. The zero-order chi connectivity index (χ0) is 21.0. The summed E-state index contributed by atoms with van der Waals surface area (Å²) in [4.78, 5) is 0. The predicted octanol–water partition coefficient (Wildman–Crippen LogP) is 3.96. The van der Waals surface area contributed by atoms with Crippen molar-refractivity contribution >= 4 is 0 Å². The number of ether oxygens (including phenoxy) is 4. The summed E-state index contributed by atoms with van der Waals surface area (Å²) in [7, 11) is 0. The Morgan fingerprint density at radius 2 is 1.47 bits per heavy atom. The minimum absolute atomic E-state index is 0.146. The number of benzene rings is 2. The zero-order valence-electron chi connectivity index (χ0n) is 17.9. The highest BCUT2D eigenvalue weighted by molar-refractivity contribution is 5.41. The van der Waals surface area contributed by atoms with Gasteiger partial charge < -0.3 is 24.1 Å². The van der Waals surface area contributed by atoms with E-state index in [1.165, 1.54) is 24.0 Å². The van der Waals surface area contributed by atoms with E-state index in [2.05, 4.69) is 38.1 Å². The molecular formula is C25H32O5. The van der Waals surface area contributed by atoms with Crippen molar-refractivity contribution < 1.29 is 24.1 Å². The maximum absolute atomic E-state index is 10.0. The molecule has 1 saturated heterocycles. The molecule has 162 valence electrons. The predicted molar refractivity (Wildman–Crippen MR) is 115 cm³/mol. The Kier molecular flexibility index (Phi) is 6.61. The minimum atomic E-state index is -0.605. The number of epoxide rings is 1. The quantitative estimate of drug-likeness (QED) is 0.535. The van der Waals surface area contributed by atoms with Crippen molar-refractivity contribution in [2.75, 3.05) is 33.0 Å². The van der Waals surface area contributed by atoms with E-state index in [-0.39, 0.29) is 18.1 Å². The molecule has 1 saturated carbocycles. The Hall–Kier alpha value is -2.08. The number of hydrogen-bond donors (Lipinski definition) is 1. The highest BCUT2D eigenvalue weighted by Crippen LogP contribution is 2.33. The summed E-state index contributed by atoms with van der Waals surface area (Å²) in [6, 6.07) is 16.4. The number of aliphatic hydroxyl groups excluding tert-OH is 1. The summed E-state index contributed by atoms with van der Waals surface area (Å²) in [6.45, 7) is 7.15. The summed E-state index contributed by atoms with van der Waals surface area (Å²) in [5.41, 5.74) is 2.27. The largest absolute Gasteiger partial charge is 0.491 e. The van der Waals surface area contributed by atoms with Gasteiger partial charge in [0.2, 0.25) is 0 Å². The molecule has 2 fully saturated rings. The van der Waals surface area contributed by atoms with Crippen LogP contribution in [0.2, 0.25) is 0 Å². The lowest BCUT2D eigenvalue weighted by molar-refractivity contribution is 0.00871. The molecule has 5 heteroatoms. The summed E-state index contributed by atoms with van der Waals surface area (Å²) in [6.07, 6.45) is 2.16. The maximum atomic E-state index is 10.0. The van der Waals surface area contributed by atoms with Crippen molar-refractivity contribution in [1.29, 1.82) is 0 Å². The monoisotopic (exact) mass is 412 g/mol. The van der Waals surface area contributed by atoms with Crippen LogP contribution in [0.25, 0.3) is 0 Å². The zero-order valence-corrected chi connectivity index (χ0v) is 17.9. The van der Waals surface area contributed by atoms with Gasteiger partial charge in [0, 0.05) is 12.0 Å². The van der Waals surface area contributed by atoms with Crippen molar-refractivity contribution in [2.24, 2.45) is 5.92 Å². The van der Waals surface area contributed by atoms with Crippen LogP contribution in [0.1, 0.15) is 37.8 Å². The minimum Gasteiger partial charge on any atom is -0.491 e. The maximum Gasteiger partial charge on any atom is 0.119 e. The molecule has 1 aliphatic carbocycles. The van der Waals surface area contributed by atoms with Crippen molar-refractivity contribution in [2.45, 2.75) is 44.3 Å². The molecule has 2 aromatic carbocycles. The van der Waals surface area contributed by atoms with Gasteiger partial charge in [-0.05, 0) is 54.2 Å². The Labute approximate surface area is 178 Å². The van der Waals surface area contributed by atoms with Gasteiger partial charge in [0.05, 0.1) is 13.2 Å². The third-order valence-corrected chi connectivity index (χ3v) is 5.79. The van der Waals surface area contributed by atoms with Gasteiger partial charge in [-0.2, -0.15) is 0 Å². The Balaban J connectivity index is 1.28. The number of rotatable bonds is 12. The van der Waals surface area contributed by atoms with E-state index in [0.29, 0.717) is 19.1 Å². The van der Waals surface area contributed by atoms with Crippen LogP contribution in [0, 0.1) is 5.92 Å². The molecule has 0 radical (unpaired) electrons. The Bertz CT molecular complexity index is 791. The van der Waals surface area contributed by atoms with E-state index in [9.17, 15) is 5.11 Å². The molecule has 1 aliphatic heterocycles. The summed E-state index contributed by atoms with van der Waals surface area (Å²) in [5, 5.41) is 10.0. The van der Waals surface area contributed by atoms with Crippen LogP contribution < -0.4 is 9.47 Å². The van der Waals surface area contributed by atoms with Gasteiger partial charge in [-0.25, -0.2) is 0 Å². The fourth-order valence-corrected chi connectivity index (χ4v) is 3.35. The second kappa shape index (κ2) is 9.38. The molecule has 1 heterocycles. The first-order chi connectivity index (χ1) is 14.5. The van der Waals surface area contributed by atoms with E-state index in [1.807, 2.05) is 24.3 Å². The van der Waals surface area contributed by atoms with Crippen LogP contribution in [0.4, 0.5) is 0 Å². The lowest BCUT2D eigenvalue weighted by Gasteiger charge is -2.26. The molecular weight excluding hydrogens is 380 g/mol. The number of aliphatic hydroxyl groups is 1. The van der Waals surface area contributed by atoms with Gasteiger partial charge in [0.25, 0.3) is 0 Å². The van der Waals surface area contributed by atoms with Gasteiger partial charge in [-0.1, -0.05) is 38.1 Å². The molecule has 2 unspecified atom stereocenters. The van der Waals surface area contributed by atoms with Gasteiger partial charge in [0.1, 0.15) is 36.9 Å². The molecule has 4 rings (SSSR count). The van der Waals surface area contributed by atoms with E-state index in [0.717, 1.165) is 24.7 Å². The Morgan fingerprint density at radius 1 is 0.900 bits per heavy atom. The molecule has 0 bridgehead atoms. The molecule has 5 nitrogen and oxygen atoms in total. The van der Waals surface area contributed by atoms with E-state index >= 15 is 0 Å². The number of hydrogen-bond acceptors (Lipinski definition) is 5. The molecule has 2 aromatic rings. The van der Waals surface area contributed by atoms with Crippen LogP contribution in [0.15, 0.2) is 48.5 Å². The molecule has 2 aliphatic rings. The highest BCUT2D eigenvalue weighted by Gasteiger charge is 2.25. The van der Waals surface area contributed by atoms with E-state index < -0.39 is 6.10 Å². The summed E-state index contributed by atoms with van der Waals surface area (Å²) >= 11 is 0.